The topological polar surface area (TPSA) is 71.9 Å². The van der Waals surface area contributed by atoms with Gasteiger partial charge in [0.05, 0.1) is 10.7 Å². The highest BCUT2D eigenvalue weighted by molar-refractivity contribution is 7.13. The summed E-state index contributed by atoms with van der Waals surface area (Å²) in [6.45, 7) is 5.40. The molecule has 1 aromatic heterocycles. The summed E-state index contributed by atoms with van der Waals surface area (Å²) in [4.78, 5) is 20.6. The largest absolute Gasteiger partial charge is 0.508 e. The molecule has 7 heteroatoms. The van der Waals surface area contributed by atoms with E-state index in [0.29, 0.717) is 18.8 Å². The van der Waals surface area contributed by atoms with Crippen molar-refractivity contribution in [2.24, 2.45) is 0 Å². The molecule has 2 aliphatic heterocycles. The van der Waals surface area contributed by atoms with Crippen molar-refractivity contribution in [1.29, 1.82) is 0 Å². The average molecular weight is 465 g/mol. The fraction of sp³-hybridized carbons (Fsp3) is 0.385. The van der Waals surface area contributed by atoms with Crippen LogP contribution in [0.3, 0.4) is 0 Å². The number of carbonyl (C=O) groups excluding carboxylic acids is 1. The lowest BCUT2D eigenvalue weighted by Gasteiger charge is -2.23. The lowest BCUT2D eigenvalue weighted by atomic mass is 9.95. The molecule has 33 heavy (non-hydrogen) atoms. The lowest BCUT2D eigenvalue weighted by molar-refractivity contribution is 0.0759. The molecule has 0 aliphatic carbocycles. The molecule has 0 atom stereocenters. The number of hydrogen-bond acceptors (Lipinski definition) is 6. The van der Waals surface area contributed by atoms with Gasteiger partial charge in [-0.1, -0.05) is 12.1 Å². The third-order valence-electron chi connectivity index (χ3n) is 6.43. The molecule has 6 nitrogen and oxygen atoms in total. The number of phenols is 1. The van der Waals surface area contributed by atoms with Crippen molar-refractivity contribution < 1.29 is 19.4 Å². The van der Waals surface area contributed by atoms with Gasteiger partial charge in [-0.3, -0.25) is 4.79 Å². The second kappa shape index (κ2) is 9.06. The summed E-state index contributed by atoms with van der Waals surface area (Å²) in [7, 11) is 0. The van der Waals surface area contributed by atoms with Gasteiger partial charge in [-0.2, -0.15) is 0 Å². The molecule has 2 aliphatic rings. The Bertz CT molecular complexity index is 1200. The summed E-state index contributed by atoms with van der Waals surface area (Å²) in [6.07, 6.45) is 4.01. The van der Waals surface area contributed by atoms with Gasteiger partial charge in [0.25, 0.3) is 5.91 Å². The van der Waals surface area contributed by atoms with Crippen LogP contribution in [0.5, 0.6) is 17.2 Å². The van der Waals surface area contributed by atoms with Crippen molar-refractivity contribution in [3.63, 3.8) is 0 Å². The normalized spacial score (nSPS) is 15.9. The van der Waals surface area contributed by atoms with Crippen molar-refractivity contribution in [2.45, 2.75) is 46.0 Å². The first-order valence-electron chi connectivity index (χ1n) is 11.4. The third kappa shape index (κ3) is 4.55. The SMILES string of the molecule is Cc1nc(C)c(C(=O)N2CCCc3cc4c(cc3CCc3cc(ccc3O)CC2)OCO4)s1. The van der Waals surface area contributed by atoms with Crippen LogP contribution in [0.4, 0.5) is 0 Å². The van der Waals surface area contributed by atoms with E-state index in [-0.39, 0.29) is 12.7 Å². The molecule has 2 bridgehead atoms. The molecule has 0 saturated carbocycles. The van der Waals surface area contributed by atoms with Gasteiger partial charge < -0.3 is 19.5 Å². The molecule has 0 radical (unpaired) electrons. The number of thiazole rings is 1. The van der Waals surface area contributed by atoms with Gasteiger partial charge in [-0.05, 0) is 86.4 Å². The minimum atomic E-state index is 0.0536. The van der Waals surface area contributed by atoms with Crippen LogP contribution in [-0.4, -0.2) is 40.8 Å². The Balaban J connectivity index is 1.48. The van der Waals surface area contributed by atoms with Crippen molar-refractivity contribution in [3.05, 3.63) is 68.2 Å². The van der Waals surface area contributed by atoms with Crippen molar-refractivity contribution in [2.75, 3.05) is 19.9 Å². The average Bonchev–Trinajstić information content (AvgIpc) is 3.39. The van der Waals surface area contributed by atoms with Gasteiger partial charge in [-0.15, -0.1) is 11.3 Å². The number of aromatic nitrogens is 1. The van der Waals surface area contributed by atoms with Crippen LogP contribution >= 0.6 is 11.3 Å². The molecule has 1 N–H and O–H groups in total. The molecule has 1 amide bonds. The Morgan fingerprint density at radius 3 is 2.42 bits per heavy atom. The number of ether oxygens (including phenoxy) is 2. The van der Waals surface area contributed by atoms with Crippen LogP contribution in [0.2, 0.25) is 0 Å². The van der Waals surface area contributed by atoms with Crippen LogP contribution < -0.4 is 9.47 Å². The van der Waals surface area contributed by atoms with Crippen molar-refractivity contribution in [1.82, 2.24) is 9.88 Å². The number of aryl methyl sites for hydroxylation is 5. The van der Waals surface area contributed by atoms with E-state index in [4.69, 9.17) is 9.47 Å². The van der Waals surface area contributed by atoms with E-state index < -0.39 is 0 Å². The summed E-state index contributed by atoms with van der Waals surface area (Å²) >= 11 is 1.47. The quantitative estimate of drug-likeness (QED) is 0.569. The minimum Gasteiger partial charge on any atom is -0.508 e. The highest BCUT2D eigenvalue weighted by atomic mass is 32.1. The van der Waals surface area contributed by atoms with Crippen LogP contribution in [-0.2, 0) is 25.7 Å². The molecule has 0 unspecified atom stereocenters. The van der Waals surface area contributed by atoms with Gasteiger partial charge in [0.15, 0.2) is 11.5 Å². The number of phenolic OH excluding ortho intramolecular Hbond substituents is 1. The number of aromatic hydroxyl groups is 1. The lowest BCUT2D eigenvalue weighted by Crippen LogP contribution is -2.34. The van der Waals surface area contributed by atoms with E-state index in [1.54, 1.807) is 6.07 Å². The van der Waals surface area contributed by atoms with Crippen LogP contribution in [0, 0.1) is 13.8 Å². The van der Waals surface area contributed by atoms with Crippen molar-refractivity contribution >= 4 is 17.2 Å². The van der Waals surface area contributed by atoms with E-state index in [1.807, 2.05) is 24.8 Å². The smallest absolute Gasteiger partial charge is 0.265 e. The standard InChI is InChI=1S/C26H28N2O4S/c1-16-25(33-17(2)27-16)26(30)28-10-3-4-19-13-23-24(32-15-31-23)14-20(19)6-7-21-12-18(9-11-28)5-8-22(21)29/h5,8,12-14,29H,3-4,6-7,9-11,15H2,1-2H3. The predicted molar refractivity (Wildman–Crippen MR) is 128 cm³/mol. The number of amides is 1. The van der Waals surface area contributed by atoms with E-state index in [0.717, 1.165) is 70.3 Å². The van der Waals surface area contributed by atoms with Gasteiger partial charge in [0.2, 0.25) is 6.79 Å². The zero-order valence-corrected chi connectivity index (χ0v) is 19.8. The molecule has 172 valence electrons. The molecule has 0 spiro atoms. The van der Waals surface area contributed by atoms with Crippen molar-refractivity contribution in [3.8, 4) is 17.2 Å². The highest BCUT2D eigenvalue weighted by Gasteiger charge is 2.22. The number of fused-ring (bicyclic) bond motifs is 4. The summed E-state index contributed by atoms with van der Waals surface area (Å²) in [5.74, 6) is 1.94. The fourth-order valence-corrected chi connectivity index (χ4v) is 5.56. The Morgan fingerprint density at radius 2 is 1.70 bits per heavy atom. The first-order valence-corrected chi connectivity index (χ1v) is 12.2. The van der Waals surface area contributed by atoms with E-state index in [9.17, 15) is 9.90 Å². The molecule has 0 fully saturated rings. The van der Waals surface area contributed by atoms with Crippen LogP contribution in [0.25, 0.3) is 0 Å². The number of rotatable bonds is 1. The predicted octanol–water partition coefficient (Wildman–Crippen LogP) is 4.61. The Hall–Kier alpha value is -3.06. The zero-order chi connectivity index (χ0) is 22.9. The number of benzene rings is 2. The molecular formula is C26H28N2O4S. The zero-order valence-electron chi connectivity index (χ0n) is 19.0. The maximum absolute atomic E-state index is 13.4. The summed E-state index contributed by atoms with van der Waals surface area (Å²) in [6, 6.07) is 9.95. The molecule has 2 aromatic carbocycles. The van der Waals surface area contributed by atoms with E-state index >= 15 is 0 Å². The number of hydrogen-bond donors (Lipinski definition) is 1. The van der Waals surface area contributed by atoms with Crippen LogP contribution in [0.1, 0.15) is 49.0 Å². The molecule has 3 aromatic rings. The molecule has 0 saturated heterocycles. The maximum atomic E-state index is 13.4. The molecular weight excluding hydrogens is 436 g/mol. The van der Waals surface area contributed by atoms with Gasteiger partial charge in [-0.25, -0.2) is 4.98 Å². The van der Waals surface area contributed by atoms with Gasteiger partial charge in [0.1, 0.15) is 10.6 Å². The van der Waals surface area contributed by atoms with E-state index in [1.165, 1.54) is 22.5 Å². The maximum Gasteiger partial charge on any atom is 0.265 e. The highest BCUT2D eigenvalue weighted by Crippen LogP contribution is 2.36. The first kappa shape index (κ1) is 21.8. The second-order valence-electron chi connectivity index (χ2n) is 8.73. The second-order valence-corrected chi connectivity index (χ2v) is 9.93. The minimum absolute atomic E-state index is 0.0536. The van der Waals surface area contributed by atoms with Gasteiger partial charge >= 0.3 is 0 Å². The molecule has 3 heterocycles. The van der Waals surface area contributed by atoms with Crippen LogP contribution in [0.15, 0.2) is 30.3 Å². The van der Waals surface area contributed by atoms with Gasteiger partial charge in [0, 0.05) is 13.1 Å². The fourth-order valence-electron chi connectivity index (χ4n) is 4.67. The third-order valence-corrected chi connectivity index (χ3v) is 7.49. The van der Waals surface area contributed by atoms with E-state index in [2.05, 4.69) is 23.2 Å². The summed E-state index contributed by atoms with van der Waals surface area (Å²) in [5.41, 5.74) is 5.28. The molecule has 5 rings (SSSR count). The Labute approximate surface area is 197 Å². The Morgan fingerprint density at radius 1 is 0.970 bits per heavy atom. The monoisotopic (exact) mass is 464 g/mol. The summed E-state index contributed by atoms with van der Waals surface area (Å²) in [5, 5.41) is 11.4. The Kier molecular flexibility index (Phi) is 5.98. The first-order chi connectivity index (χ1) is 16.0. The number of nitrogens with zero attached hydrogens (tertiary/aromatic N) is 2. The number of carbonyl (C=O) groups is 1. The summed E-state index contributed by atoms with van der Waals surface area (Å²) < 4.78 is 11.2.